The van der Waals surface area contributed by atoms with Crippen LogP contribution in [-0.2, 0) is 0 Å². The summed E-state index contributed by atoms with van der Waals surface area (Å²) in [6, 6.07) is 11.5. The normalized spacial score (nSPS) is 10.9. The Morgan fingerprint density at radius 1 is 1.00 bits per heavy atom. The first-order valence-corrected chi connectivity index (χ1v) is 5.69. The minimum atomic E-state index is 0.0485. The zero-order valence-electron chi connectivity index (χ0n) is 9.21. The number of halogens is 1. The van der Waals surface area contributed by atoms with E-state index in [1.54, 1.807) is 30.3 Å². The van der Waals surface area contributed by atoms with Crippen LogP contribution in [-0.4, -0.2) is 20.0 Å². The Hall–Kier alpha value is -2.20. The molecule has 0 aliphatic rings. The van der Waals surface area contributed by atoms with Crippen LogP contribution in [0.1, 0.15) is 0 Å². The molecule has 0 saturated heterocycles. The second-order valence-electron chi connectivity index (χ2n) is 3.91. The summed E-state index contributed by atoms with van der Waals surface area (Å²) in [6.07, 6.45) is 0. The molecule has 0 aliphatic carbocycles. The van der Waals surface area contributed by atoms with Gasteiger partial charge in [0.05, 0.1) is 16.6 Å². The number of rotatable bonds is 1. The summed E-state index contributed by atoms with van der Waals surface area (Å²) in [5, 5.41) is 24.8. The summed E-state index contributed by atoms with van der Waals surface area (Å²) in [5.74, 6) is 0.213. The third kappa shape index (κ3) is 1.67. The van der Waals surface area contributed by atoms with E-state index < -0.39 is 0 Å². The molecule has 2 aromatic carbocycles. The SMILES string of the molecule is Oc1ccc(-n2nc3cc(Cl)ccc3c2O)cc1. The van der Waals surface area contributed by atoms with Gasteiger partial charge in [-0.15, -0.1) is 0 Å². The Bertz CT molecular complexity index is 720. The van der Waals surface area contributed by atoms with E-state index in [-0.39, 0.29) is 11.6 Å². The molecule has 4 nitrogen and oxygen atoms in total. The fraction of sp³-hybridized carbons (Fsp3) is 0. The highest BCUT2D eigenvalue weighted by molar-refractivity contribution is 6.31. The van der Waals surface area contributed by atoms with Gasteiger partial charge in [-0.1, -0.05) is 11.6 Å². The van der Waals surface area contributed by atoms with E-state index in [0.717, 1.165) is 0 Å². The topological polar surface area (TPSA) is 58.3 Å². The summed E-state index contributed by atoms with van der Waals surface area (Å²) in [6.45, 7) is 0. The lowest BCUT2D eigenvalue weighted by Crippen LogP contribution is -1.94. The first-order valence-electron chi connectivity index (χ1n) is 5.32. The summed E-state index contributed by atoms with van der Waals surface area (Å²) in [7, 11) is 0. The van der Waals surface area contributed by atoms with Crippen molar-refractivity contribution in [3.8, 4) is 17.3 Å². The molecule has 0 saturated carbocycles. The Labute approximate surface area is 108 Å². The van der Waals surface area contributed by atoms with Crippen molar-refractivity contribution in [1.29, 1.82) is 0 Å². The van der Waals surface area contributed by atoms with Gasteiger partial charge in [-0.2, -0.15) is 5.10 Å². The maximum atomic E-state index is 10.1. The zero-order chi connectivity index (χ0) is 12.7. The smallest absolute Gasteiger partial charge is 0.222 e. The Balaban J connectivity index is 2.23. The highest BCUT2D eigenvalue weighted by Crippen LogP contribution is 2.29. The van der Waals surface area contributed by atoms with Crippen molar-refractivity contribution in [3.05, 3.63) is 47.5 Å². The van der Waals surface area contributed by atoms with E-state index in [2.05, 4.69) is 5.10 Å². The van der Waals surface area contributed by atoms with Gasteiger partial charge in [0.2, 0.25) is 5.88 Å². The number of phenols is 1. The van der Waals surface area contributed by atoms with Crippen molar-refractivity contribution in [2.45, 2.75) is 0 Å². The lowest BCUT2D eigenvalue weighted by Gasteiger charge is -2.02. The molecule has 0 bridgehead atoms. The number of benzene rings is 2. The molecule has 0 amide bonds. The van der Waals surface area contributed by atoms with Crippen LogP contribution < -0.4 is 0 Å². The number of hydrogen-bond acceptors (Lipinski definition) is 3. The van der Waals surface area contributed by atoms with Gasteiger partial charge in [-0.25, -0.2) is 4.68 Å². The molecule has 1 aromatic heterocycles. The molecule has 0 atom stereocenters. The van der Waals surface area contributed by atoms with E-state index in [9.17, 15) is 10.2 Å². The van der Waals surface area contributed by atoms with Crippen molar-refractivity contribution in [1.82, 2.24) is 9.78 Å². The van der Waals surface area contributed by atoms with Gasteiger partial charge < -0.3 is 10.2 Å². The molecule has 0 fully saturated rings. The first kappa shape index (κ1) is 10.9. The fourth-order valence-corrected chi connectivity index (χ4v) is 1.99. The van der Waals surface area contributed by atoms with Gasteiger partial charge in [0.1, 0.15) is 5.75 Å². The third-order valence-electron chi connectivity index (χ3n) is 2.70. The number of aromatic nitrogens is 2. The maximum absolute atomic E-state index is 10.1. The molecule has 0 radical (unpaired) electrons. The minimum Gasteiger partial charge on any atom is -0.508 e. The number of hydrogen-bond donors (Lipinski definition) is 2. The molecule has 90 valence electrons. The molecule has 3 rings (SSSR count). The molecule has 1 heterocycles. The van der Waals surface area contributed by atoms with Crippen molar-refractivity contribution in [3.63, 3.8) is 0 Å². The van der Waals surface area contributed by atoms with E-state index in [4.69, 9.17) is 11.6 Å². The molecule has 0 spiro atoms. The van der Waals surface area contributed by atoms with Crippen LogP contribution in [0.25, 0.3) is 16.6 Å². The molecular weight excluding hydrogens is 252 g/mol. The summed E-state index contributed by atoms with van der Waals surface area (Å²) >= 11 is 5.88. The Morgan fingerprint density at radius 3 is 2.44 bits per heavy atom. The van der Waals surface area contributed by atoms with Crippen molar-refractivity contribution < 1.29 is 10.2 Å². The fourth-order valence-electron chi connectivity index (χ4n) is 1.82. The van der Waals surface area contributed by atoms with E-state index in [1.165, 1.54) is 16.8 Å². The van der Waals surface area contributed by atoms with Gasteiger partial charge in [0.25, 0.3) is 0 Å². The van der Waals surface area contributed by atoms with E-state index in [0.29, 0.717) is 21.6 Å². The number of phenolic OH excluding ortho intramolecular Hbond substituents is 1. The average Bonchev–Trinajstić information content (AvgIpc) is 2.67. The lowest BCUT2D eigenvalue weighted by molar-refractivity contribution is 0.438. The quantitative estimate of drug-likeness (QED) is 0.707. The van der Waals surface area contributed by atoms with Crippen LogP contribution in [0.5, 0.6) is 11.6 Å². The van der Waals surface area contributed by atoms with Gasteiger partial charge >= 0.3 is 0 Å². The summed E-state index contributed by atoms with van der Waals surface area (Å²) < 4.78 is 1.40. The predicted octanol–water partition coefficient (Wildman–Crippen LogP) is 3.09. The van der Waals surface area contributed by atoms with E-state index in [1.807, 2.05) is 0 Å². The zero-order valence-corrected chi connectivity index (χ0v) is 9.96. The van der Waals surface area contributed by atoms with Crippen molar-refractivity contribution in [2.24, 2.45) is 0 Å². The summed E-state index contributed by atoms with van der Waals surface area (Å²) in [5.41, 5.74) is 1.28. The van der Waals surface area contributed by atoms with Gasteiger partial charge in [-0.05, 0) is 42.5 Å². The summed E-state index contributed by atoms with van der Waals surface area (Å²) in [4.78, 5) is 0. The number of aromatic hydroxyl groups is 2. The second-order valence-corrected chi connectivity index (χ2v) is 4.35. The highest BCUT2D eigenvalue weighted by Gasteiger charge is 2.11. The second kappa shape index (κ2) is 3.92. The monoisotopic (exact) mass is 260 g/mol. The van der Waals surface area contributed by atoms with E-state index >= 15 is 0 Å². The largest absolute Gasteiger partial charge is 0.508 e. The predicted molar refractivity (Wildman–Crippen MR) is 69.4 cm³/mol. The molecule has 0 aliphatic heterocycles. The van der Waals surface area contributed by atoms with Crippen LogP contribution >= 0.6 is 11.6 Å². The van der Waals surface area contributed by atoms with Gasteiger partial charge in [0, 0.05) is 5.02 Å². The highest BCUT2D eigenvalue weighted by atomic mass is 35.5. The lowest BCUT2D eigenvalue weighted by atomic mass is 10.2. The van der Waals surface area contributed by atoms with Crippen LogP contribution in [0.2, 0.25) is 5.02 Å². The first-order chi connectivity index (χ1) is 8.65. The standard InChI is InChI=1S/C13H9ClN2O2/c14-8-1-6-11-12(7-8)15-16(13(11)18)9-2-4-10(17)5-3-9/h1-7,17-18H. The van der Waals surface area contributed by atoms with Crippen molar-refractivity contribution in [2.75, 3.05) is 0 Å². The van der Waals surface area contributed by atoms with Crippen molar-refractivity contribution >= 4 is 22.5 Å². The third-order valence-corrected chi connectivity index (χ3v) is 2.94. The van der Waals surface area contributed by atoms with Crippen LogP contribution in [0.3, 0.4) is 0 Å². The van der Waals surface area contributed by atoms with Crippen LogP contribution in [0, 0.1) is 0 Å². The van der Waals surface area contributed by atoms with Gasteiger partial charge in [0.15, 0.2) is 0 Å². The number of fused-ring (bicyclic) bond motifs is 1. The molecule has 18 heavy (non-hydrogen) atoms. The Morgan fingerprint density at radius 2 is 1.72 bits per heavy atom. The molecule has 5 heteroatoms. The maximum Gasteiger partial charge on any atom is 0.222 e. The minimum absolute atomic E-state index is 0.0485. The van der Waals surface area contributed by atoms with Crippen LogP contribution in [0.15, 0.2) is 42.5 Å². The number of nitrogens with zero attached hydrogens (tertiary/aromatic N) is 2. The van der Waals surface area contributed by atoms with Gasteiger partial charge in [-0.3, -0.25) is 0 Å². The molecular formula is C13H9ClN2O2. The average molecular weight is 261 g/mol. The Kier molecular flexibility index (Phi) is 2.38. The molecule has 2 N–H and O–H groups in total. The molecule has 0 unspecified atom stereocenters. The van der Waals surface area contributed by atoms with Crippen LogP contribution in [0.4, 0.5) is 0 Å². The molecule has 3 aromatic rings.